The second-order valence-corrected chi connectivity index (χ2v) is 7.25. The van der Waals surface area contributed by atoms with E-state index < -0.39 is 0 Å². The van der Waals surface area contributed by atoms with Crippen molar-refractivity contribution in [2.24, 2.45) is 12.1 Å². The Bertz CT molecular complexity index is 1210. The Morgan fingerprint density at radius 3 is 2.60 bits per heavy atom. The first-order valence-electron chi connectivity index (χ1n) is 9.67. The van der Waals surface area contributed by atoms with E-state index in [9.17, 15) is 9.59 Å². The van der Waals surface area contributed by atoms with Gasteiger partial charge in [0.25, 0.3) is 0 Å². The van der Waals surface area contributed by atoms with Crippen LogP contribution < -0.4 is 5.43 Å². The Morgan fingerprint density at radius 1 is 1.07 bits per heavy atom. The van der Waals surface area contributed by atoms with E-state index in [1.807, 2.05) is 61.5 Å². The number of H-pyrrole nitrogens is 1. The molecule has 2 aromatic heterocycles. The van der Waals surface area contributed by atoms with E-state index in [1.165, 1.54) is 0 Å². The fourth-order valence-corrected chi connectivity index (χ4v) is 3.35. The zero-order chi connectivity index (χ0) is 21.1. The highest BCUT2D eigenvalue weighted by Gasteiger charge is 2.16. The van der Waals surface area contributed by atoms with Gasteiger partial charge in [-0.05, 0) is 31.2 Å². The summed E-state index contributed by atoms with van der Waals surface area (Å²) in [6, 6.07) is 20.9. The summed E-state index contributed by atoms with van der Waals surface area (Å²) in [6.07, 6.45) is 1.71. The zero-order valence-corrected chi connectivity index (χ0v) is 16.8. The van der Waals surface area contributed by atoms with Gasteiger partial charge < -0.3 is 9.55 Å². The molecule has 4 rings (SSSR count). The molecule has 0 atom stereocenters. The topological polar surface area (TPSA) is 79.2 Å². The van der Waals surface area contributed by atoms with Gasteiger partial charge in [0.15, 0.2) is 0 Å². The van der Waals surface area contributed by atoms with Gasteiger partial charge in [-0.1, -0.05) is 48.0 Å². The highest BCUT2D eigenvalue weighted by molar-refractivity contribution is 6.08. The van der Waals surface area contributed by atoms with E-state index in [0.29, 0.717) is 11.3 Å². The van der Waals surface area contributed by atoms with Crippen LogP contribution >= 0.6 is 0 Å². The lowest BCUT2D eigenvalue weighted by atomic mass is 10.1. The zero-order valence-electron chi connectivity index (χ0n) is 16.8. The van der Waals surface area contributed by atoms with Crippen molar-refractivity contribution < 1.29 is 9.59 Å². The van der Waals surface area contributed by atoms with Crippen LogP contribution in [0.25, 0.3) is 10.9 Å². The number of carbonyl (C=O) groups is 2. The third-order valence-corrected chi connectivity index (χ3v) is 5.06. The Labute approximate surface area is 174 Å². The number of carbonyl (C=O) groups excluding carboxylic acids is 2. The van der Waals surface area contributed by atoms with Crippen molar-refractivity contribution in [3.63, 3.8) is 0 Å². The number of amides is 1. The number of hydrogen-bond donors (Lipinski definition) is 2. The average Bonchev–Trinajstić information content (AvgIpc) is 3.31. The van der Waals surface area contributed by atoms with Gasteiger partial charge in [0.1, 0.15) is 0 Å². The van der Waals surface area contributed by atoms with Crippen LogP contribution in [-0.4, -0.2) is 27.5 Å². The predicted molar refractivity (Wildman–Crippen MR) is 118 cm³/mol. The molecule has 2 N–H and O–H groups in total. The summed E-state index contributed by atoms with van der Waals surface area (Å²) in [4.78, 5) is 28.2. The number of hydrogen-bond acceptors (Lipinski definition) is 3. The Morgan fingerprint density at radius 2 is 1.83 bits per heavy atom. The molecule has 2 aromatic carbocycles. The van der Waals surface area contributed by atoms with Crippen molar-refractivity contribution in [1.29, 1.82) is 0 Å². The summed E-state index contributed by atoms with van der Waals surface area (Å²) in [7, 11) is 1.79. The van der Waals surface area contributed by atoms with Crippen molar-refractivity contribution in [2.45, 2.75) is 13.3 Å². The Hall–Kier alpha value is -3.93. The summed E-state index contributed by atoms with van der Waals surface area (Å²) >= 11 is 0. The number of para-hydroxylation sites is 1. The normalized spacial score (nSPS) is 11.3. The second kappa shape index (κ2) is 8.21. The van der Waals surface area contributed by atoms with E-state index in [0.717, 1.165) is 27.9 Å². The van der Waals surface area contributed by atoms with Crippen molar-refractivity contribution in [2.75, 3.05) is 0 Å². The van der Waals surface area contributed by atoms with Gasteiger partial charge in [-0.2, -0.15) is 5.10 Å². The number of ketones is 1. The van der Waals surface area contributed by atoms with Crippen molar-refractivity contribution in [1.82, 2.24) is 15.0 Å². The van der Waals surface area contributed by atoms with E-state index >= 15 is 0 Å². The van der Waals surface area contributed by atoms with E-state index in [2.05, 4.69) is 15.5 Å². The highest BCUT2D eigenvalue weighted by atomic mass is 16.2. The summed E-state index contributed by atoms with van der Waals surface area (Å²) in [5.74, 6) is -0.320. The van der Waals surface area contributed by atoms with Crippen LogP contribution in [0.1, 0.15) is 33.0 Å². The summed E-state index contributed by atoms with van der Waals surface area (Å²) in [6.45, 7) is 1.98. The molecule has 2 heterocycles. The Balaban J connectivity index is 1.40. The number of nitrogens with zero attached hydrogens (tertiary/aromatic N) is 2. The smallest absolute Gasteiger partial charge is 0.245 e. The van der Waals surface area contributed by atoms with Crippen LogP contribution in [0.4, 0.5) is 0 Å². The molecule has 6 heteroatoms. The summed E-state index contributed by atoms with van der Waals surface area (Å²) in [5, 5.41) is 5.11. The van der Waals surface area contributed by atoms with E-state index in [-0.39, 0.29) is 18.1 Å². The largest absolute Gasteiger partial charge is 0.354 e. The second-order valence-electron chi connectivity index (χ2n) is 7.25. The molecule has 6 nitrogen and oxygen atoms in total. The first-order valence-corrected chi connectivity index (χ1v) is 9.67. The molecule has 0 aliphatic carbocycles. The first kappa shape index (κ1) is 19.4. The van der Waals surface area contributed by atoms with Gasteiger partial charge in [-0.25, -0.2) is 5.43 Å². The number of aromatic nitrogens is 2. The number of benzene rings is 2. The standard InChI is InChI=1S/C24H22N4O2/c1-16-7-9-17(10-8-16)24(30)22-12-11-20(28(22)2)14-23(29)27-25-15-19-13-18-5-3-4-6-21(18)26-19/h3-13,15,26H,14H2,1-2H3,(H,27,29)/b25-15+. The summed E-state index contributed by atoms with van der Waals surface area (Å²) < 4.78 is 1.75. The van der Waals surface area contributed by atoms with Crippen LogP contribution in [0.3, 0.4) is 0 Å². The fraction of sp³-hybridized carbons (Fsp3) is 0.125. The van der Waals surface area contributed by atoms with Crippen LogP contribution in [-0.2, 0) is 18.3 Å². The average molecular weight is 398 g/mol. The molecule has 0 unspecified atom stereocenters. The molecule has 0 aliphatic heterocycles. The lowest BCUT2D eigenvalue weighted by Gasteiger charge is -2.07. The number of hydrazone groups is 1. The molecule has 0 aliphatic rings. The van der Waals surface area contributed by atoms with Crippen molar-refractivity contribution >= 4 is 28.8 Å². The highest BCUT2D eigenvalue weighted by Crippen LogP contribution is 2.15. The molecule has 0 radical (unpaired) electrons. The molecule has 0 saturated carbocycles. The van der Waals surface area contributed by atoms with Gasteiger partial charge in [0.2, 0.25) is 11.7 Å². The van der Waals surface area contributed by atoms with Crippen LogP contribution in [0.5, 0.6) is 0 Å². The number of fused-ring (bicyclic) bond motifs is 1. The molecule has 4 aromatic rings. The molecule has 30 heavy (non-hydrogen) atoms. The Kier molecular flexibility index (Phi) is 5.30. The molecular formula is C24H22N4O2. The van der Waals surface area contributed by atoms with E-state index in [1.54, 1.807) is 30.0 Å². The van der Waals surface area contributed by atoms with Crippen molar-refractivity contribution in [3.05, 3.63) is 94.9 Å². The van der Waals surface area contributed by atoms with Gasteiger partial charge in [0.05, 0.1) is 24.0 Å². The first-order chi connectivity index (χ1) is 14.5. The summed E-state index contributed by atoms with van der Waals surface area (Å²) in [5.41, 5.74) is 7.37. The van der Waals surface area contributed by atoms with Gasteiger partial charge in [-0.15, -0.1) is 0 Å². The minimum Gasteiger partial charge on any atom is -0.354 e. The van der Waals surface area contributed by atoms with Crippen LogP contribution in [0, 0.1) is 6.92 Å². The molecule has 150 valence electrons. The van der Waals surface area contributed by atoms with Gasteiger partial charge in [0, 0.05) is 29.2 Å². The maximum absolute atomic E-state index is 12.7. The quantitative estimate of drug-likeness (QED) is 0.295. The molecule has 0 fully saturated rings. The molecule has 0 saturated heterocycles. The minimum atomic E-state index is -0.252. The third kappa shape index (κ3) is 4.07. The fourth-order valence-electron chi connectivity index (χ4n) is 3.35. The molecule has 1 amide bonds. The maximum atomic E-state index is 12.7. The number of aryl methyl sites for hydroxylation is 1. The number of aromatic amines is 1. The van der Waals surface area contributed by atoms with Crippen LogP contribution in [0.2, 0.25) is 0 Å². The monoisotopic (exact) mass is 398 g/mol. The van der Waals surface area contributed by atoms with Crippen molar-refractivity contribution in [3.8, 4) is 0 Å². The number of rotatable bonds is 6. The third-order valence-electron chi connectivity index (χ3n) is 5.06. The molecule has 0 spiro atoms. The van der Waals surface area contributed by atoms with E-state index in [4.69, 9.17) is 0 Å². The minimum absolute atomic E-state index is 0.0685. The van der Waals surface area contributed by atoms with Gasteiger partial charge >= 0.3 is 0 Å². The molecular weight excluding hydrogens is 376 g/mol. The lowest BCUT2D eigenvalue weighted by Crippen LogP contribution is -2.21. The molecule has 0 bridgehead atoms. The maximum Gasteiger partial charge on any atom is 0.245 e. The van der Waals surface area contributed by atoms with Gasteiger partial charge in [-0.3, -0.25) is 9.59 Å². The SMILES string of the molecule is Cc1ccc(C(=O)c2ccc(CC(=O)N/N=C/c3cc4ccccc4[nH]3)n2C)cc1. The lowest BCUT2D eigenvalue weighted by molar-refractivity contribution is -0.120. The van der Waals surface area contributed by atoms with Crippen LogP contribution in [0.15, 0.2) is 71.8 Å². The number of nitrogens with one attached hydrogen (secondary N) is 2. The predicted octanol–water partition coefficient (Wildman–Crippen LogP) is 3.74.